The van der Waals surface area contributed by atoms with Crippen molar-refractivity contribution >= 4 is 89.6 Å². The van der Waals surface area contributed by atoms with Gasteiger partial charge in [-0.3, -0.25) is 38.7 Å². The largest absolute Gasteiger partial charge is 0.497 e. The highest BCUT2D eigenvalue weighted by atomic mass is 16.5. The van der Waals surface area contributed by atoms with Crippen molar-refractivity contribution in [2.75, 3.05) is 162 Å². The highest BCUT2D eigenvalue weighted by Gasteiger charge is 2.25. The maximum Gasteiger partial charge on any atom is 0.155 e. The molecule has 0 radical (unpaired) electrons. The molecule has 2 saturated heterocycles. The molecule has 4 N–H and O–H groups in total. The van der Waals surface area contributed by atoms with Crippen molar-refractivity contribution < 1.29 is 61.4 Å². The predicted molar refractivity (Wildman–Crippen MR) is 569 cm³/mol. The Balaban J connectivity index is 0.000000146. The van der Waals surface area contributed by atoms with Gasteiger partial charge in [0.25, 0.3) is 0 Å². The molecule has 0 amide bonds. The monoisotopic (exact) mass is 1970 g/mol. The van der Waals surface area contributed by atoms with Crippen LogP contribution < -0.4 is 78.2 Å². The summed E-state index contributed by atoms with van der Waals surface area (Å²) >= 11 is 0. The van der Waals surface area contributed by atoms with Crippen LogP contribution in [0.1, 0.15) is 84.9 Å². The smallest absolute Gasteiger partial charge is 0.155 e. The van der Waals surface area contributed by atoms with Gasteiger partial charge in [-0.15, -0.1) is 0 Å². The maximum absolute atomic E-state index is 10.2. The SMILES string of the molecule is COc1cc(OC)cc(N(CC#Cc2ncccc2OC)c2ccc3ncc(-c4cnn(C)c4)nc3c2)c1.COc1cc(OC)cc(N(CCNC(C)C)c2ccc3ncc(-c4cnn(C5CCN(C)CC5)c4)nc3c2)c1.COc1cc(OC)cc(N(CCNC(C)C)c2ccc3ncc(-c4cnn(C5CCNCC5)c4)nc3c2)c1.[2H]C([2H])([2H])Oc1cc(OC([2H])([2H])[2H])cc(N(c2ccc3ncc(-c4cnn(C)c4)nc3c2)C([2H])([2H])C([2H])([2H])O)c1. The second-order valence-corrected chi connectivity index (χ2v) is 35.1. The number of hydrogen-bond donors (Lipinski definition) is 4. The number of anilines is 8. The summed E-state index contributed by atoms with van der Waals surface area (Å²) in [5.74, 6) is 10.5. The Hall–Kier alpha value is -16.1. The maximum atomic E-state index is 10.2. The minimum absolute atomic E-state index is 0.0427. The van der Waals surface area contributed by atoms with Gasteiger partial charge in [-0.1, -0.05) is 33.6 Å². The summed E-state index contributed by atoms with van der Waals surface area (Å²) in [6, 6.07) is 48.6. The highest BCUT2D eigenvalue weighted by molar-refractivity contribution is 5.87. The number of benzene rings is 8. The van der Waals surface area contributed by atoms with Crippen LogP contribution in [-0.2, 0) is 14.1 Å². The Morgan fingerprint density at radius 2 is 0.752 bits per heavy atom. The second-order valence-electron chi connectivity index (χ2n) is 35.1. The Bertz CT molecular complexity index is 7660. The van der Waals surface area contributed by atoms with E-state index >= 15 is 0 Å². The summed E-state index contributed by atoms with van der Waals surface area (Å²) in [5, 5.41) is 38.3. The average Bonchev–Trinajstić information content (AvgIpc) is 1.75. The summed E-state index contributed by atoms with van der Waals surface area (Å²) < 4.78 is 133. The first-order valence-corrected chi connectivity index (χ1v) is 47.4. The Morgan fingerprint density at radius 3 is 1.11 bits per heavy atom. The lowest BCUT2D eigenvalue weighted by Gasteiger charge is -2.28. The molecule has 2 aliphatic heterocycles. The normalized spacial score (nSPS) is 14.1. The van der Waals surface area contributed by atoms with E-state index in [2.05, 4.69) is 168 Å². The molecule has 17 aromatic rings. The standard InChI is InChI=1S/C30H39N7O2.C29H37N7O2.C29H26N6O3.C22H23N5O3/c1-21(2)31-10-13-36(25-14-26(38-4)17-27(15-25)39-5)24-6-7-28-29(16-24)34-30(19-32-28)22-18-33-37(20-22)23-8-11-35(3)12-9-23;1-20(2)31-11-12-35(24-13-25(37-3)16-26(14-24)38-4)23-5-6-27-28(15-23)34-29(18-32-27)21-17-33-36(19-21)22-7-9-30-10-8-22;1-34-19-20(17-32-34)28-18-31-25-10-9-21(15-27(25)33-28)35(22-13-23(36-2)16-24(14-22)37-3)12-6-7-26-29(38-4)8-5-11-30-26;1-26-14-15(12-24-26)22-13-23-20-5-4-16(10-21(20)25-22)27(6-7-28)17-8-18(29-2)11-19(9-17)30-3/h6-7,14-21,23,31H,8-13H2,1-5H3;5-6,13-20,22,30-31H,7-12H2,1-4H3;5,8-11,13-19H,12H2,1-4H3;4-5,8-14,28H,6-7H2,1-3H3/i;;;2D3,3D3,6D2,7D2. The van der Waals surface area contributed by atoms with Gasteiger partial charge in [0.05, 0.1) is 219 Å². The first kappa shape index (κ1) is 89.0. The van der Waals surface area contributed by atoms with Crippen LogP contribution in [0.3, 0.4) is 0 Å². The van der Waals surface area contributed by atoms with Crippen molar-refractivity contribution in [1.29, 1.82) is 0 Å². The van der Waals surface area contributed by atoms with E-state index in [1.165, 1.54) is 24.4 Å². The molecule has 11 heterocycles. The summed E-state index contributed by atoms with van der Waals surface area (Å²) in [6.07, 6.45) is 28.1. The third-order valence-electron chi connectivity index (χ3n) is 24.5. The van der Waals surface area contributed by atoms with Crippen LogP contribution in [0.15, 0.2) is 238 Å². The van der Waals surface area contributed by atoms with Gasteiger partial charge in [0.15, 0.2) is 11.4 Å². The molecule has 0 bridgehead atoms. The van der Waals surface area contributed by atoms with E-state index in [-0.39, 0.29) is 16.9 Å². The lowest BCUT2D eigenvalue weighted by molar-refractivity contribution is 0.212. The van der Waals surface area contributed by atoms with E-state index in [9.17, 15) is 5.11 Å². The molecule has 2 aliphatic rings. The number of ether oxygens (including phenoxy) is 9. The molecule has 2 fully saturated rings. The summed E-state index contributed by atoms with van der Waals surface area (Å²) in [7, 11) is 11.4. The highest BCUT2D eigenvalue weighted by Crippen LogP contribution is 2.41. The van der Waals surface area contributed by atoms with Crippen molar-refractivity contribution in [3.63, 3.8) is 0 Å². The molecule has 0 saturated carbocycles. The van der Waals surface area contributed by atoms with E-state index < -0.39 is 38.6 Å². The molecule has 35 nitrogen and oxygen atoms in total. The van der Waals surface area contributed by atoms with E-state index in [4.69, 9.17) is 81.3 Å². The first-order chi connectivity index (χ1) is 74.4. The number of aromatic nitrogens is 17. The van der Waals surface area contributed by atoms with Crippen LogP contribution >= 0.6 is 0 Å². The number of fused-ring (bicyclic) bond motifs is 4. The van der Waals surface area contributed by atoms with Gasteiger partial charge in [0.1, 0.15) is 46.0 Å². The molecule has 0 aliphatic carbocycles. The van der Waals surface area contributed by atoms with Gasteiger partial charge >= 0.3 is 0 Å². The Morgan fingerprint density at radius 1 is 0.400 bits per heavy atom. The Labute approximate surface area is 858 Å². The zero-order valence-electron chi connectivity index (χ0n) is 93.5. The quantitative estimate of drug-likeness (QED) is 0.0272. The number of piperidine rings is 2. The number of rotatable bonds is 34. The lowest BCUT2D eigenvalue weighted by atomic mass is 10.1. The molecule has 19 rings (SSSR count). The van der Waals surface area contributed by atoms with Crippen LogP contribution in [0.4, 0.5) is 45.5 Å². The Kier molecular flexibility index (Phi) is 29.8. The average molecular weight is 1970 g/mol. The summed E-state index contributed by atoms with van der Waals surface area (Å²) in [5.41, 5.74) is 18.0. The number of likely N-dealkylation sites (tertiary alicyclic amines) is 1. The first-order valence-electron chi connectivity index (χ1n) is 52.4. The van der Waals surface area contributed by atoms with Crippen LogP contribution in [0, 0.1) is 11.8 Å². The third kappa shape index (κ3) is 25.9. The minimum Gasteiger partial charge on any atom is -0.497 e. The van der Waals surface area contributed by atoms with Gasteiger partial charge in [0.2, 0.25) is 0 Å². The number of pyridine rings is 1. The van der Waals surface area contributed by atoms with Gasteiger partial charge in [-0.25, -0.2) is 24.9 Å². The summed E-state index contributed by atoms with van der Waals surface area (Å²) in [6.45, 7) is 9.70. The number of aliphatic hydroxyl groups is 1. The van der Waals surface area contributed by atoms with Crippen molar-refractivity contribution in [1.82, 2.24) is 105 Å². The van der Waals surface area contributed by atoms with Crippen LogP contribution in [0.25, 0.3) is 89.2 Å². The van der Waals surface area contributed by atoms with E-state index in [1.54, 1.807) is 97.2 Å². The molecule has 0 unspecified atom stereocenters. The molecular weight excluding hydrogens is 1830 g/mol. The number of nitrogens with zero attached hydrogens (tertiary/aromatic N) is 22. The van der Waals surface area contributed by atoms with Crippen molar-refractivity contribution in [2.45, 2.75) is 77.5 Å². The van der Waals surface area contributed by atoms with E-state index in [0.717, 1.165) is 220 Å². The molecule has 0 atom stereocenters. The predicted octanol–water partition coefficient (Wildman–Crippen LogP) is 17.3. The molecular formula is C110H125N25O10. The van der Waals surface area contributed by atoms with Crippen LogP contribution in [0.2, 0.25) is 0 Å². The molecule has 0 spiro atoms. The number of methoxy groups -OCH3 is 9. The minimum atomic E-state index is -3.48. The number of aryl methyl sites for hydroxylation is 2. The van der Waals surface area contributed by atoms with Crippen molar-refractivity contribution in [3.8, 4) is 109 Å². The fraction of sp³-hybridized carbons (Fsp3) is 0.318. The van der Waals surface area contributed by atoms with Crippen molar-refractivity contribution in [3.05, 3.63) is 244 Å². The van der Waals surface area contributed by atoms with Gasteiger partial charge < -0.3 is 88.2 Å². The number of nitrogens with one attached hydrogen (secondary N) is 3. The third-order valence-corrected chi connectivity index (χ3v) is 24.5. The fourth-order valence-corrected chi connectivity index (χ4v) is 16.9. The number of hydrogen-bond acceptors (Lipinski definition) is 31. The second kappa shape index (κ2) is 48.6. The molecule has 145 heavy (non-hydrogen) atoms. The molecule has 35 heteroatoms. The van der Waals surface area contributed by atoms with Crippen LogP contribution in [0.5, 0.6) is 51.7 Å². The zero-order chi connectivity index (χ0) is 110. The van der Waals surface area contributed by atoms with Crippen LogP contribution in [-0.4, -0.2) is 249 Å². The lowest BCUT2D eigenvalue weighted by Crippen LogP contribution is -2.32. The fourth-order valence-electron chi connectivity index (χ4n) is 16.9. The van der Waals surface area contributed by atoms with Gasteiger partial charge in [-0.2, -0.15) is 20.4 Å². The van der Waals surface area contributed by atoms with E-state index in [0.29, 0.717) is 75.3 Å². The van der Waals surface area contributed by atoms with Gasteiger partial charge in [0, 0.05) is 230 Å². The van der Waals surface area contributed by atoms with E-state index in [1.807, 2.05) is 135 Å². The molecule has 8 aromatic carbocycles. The topological polar surface area (TPSA) is 343 Å². The van der Waals surface area contributed by atoms with Crippen molar-refractivity contribution in [2.24, 2.45) is 14.1 Å². The summed E-state index contributed by atoms with van der Waals surface area (Å²) in [4.78, 5) is 51.8. The molecule has 750 valence electrons. The zero-order valence-corrected chi connectivity index (χ0v) is 83.5. The van der Waals surface area contributed by atoms with Gasteiger partial charge in [-0.05, 0) is 150 Å². The molecule has 9 aromatic heterocycles.